The topological polar surface area (TPSA) is 69.6 Å². The van der Waals surface area contributed by atoms with Gasteiger partial charge in [0.05, 0.1) is 6.42 Å². The Balaban J connectivity index is 4.48. The van der Waals surface area contributed by atoms with Crippen LogP contribution in [0.25, 0.3) is 0 Å². The Morgan fingerprint density at radius 1 is 1.33 bits per heavy atom. The summed E-state index contributed by atoms with van der Waals surface area (Å²) in [5.74, 6) is -0.897. The molecule has 0 aromatic rings. The molecule has 18 heavy (non-hydrogen) atoms. The standard InChI is InChI=1S/C13H26N2O3/c1-6-7-8-15(5)12(18)14-10(9-11(16)17)13(2,3)4/h10H,6-9H2,1-5H3,(H,14,18)(H,16,17). The number of carboxylic acid groups (broad SMARTS) is 1. The van der Waals surface area contributed by atoms with Gasteiger partial charge in [0.1, 0.15) is 0 Å². The second-order valence-electron chi connectivity index (χ2n) is 5.74. The van der Waals surface area contributed by atoms with Crippen LogP contribution in [0.15, 0.2) is 0 Å². The summed E-state index contributed by atoms with van der Waals surface area (Å²) in [5, 5.41) is 11.7. The van der Waals surface area contributed by atoms with E-state index in [1.165, 1.54) is 0 Å². The molecule has 0 aliphatic rings. The van der Waals surface area contributed by atoms with Crippen molar-refractivity contribution >= 4 is 12.0 Å². The van der Waals surface area contributed by atoms with Crippen LogP contribution < -0.4 is 5.32 Å². The Morgan fingerprint density at radius 2 is 1.89 bits per heavy atom. The van der Waals surface area contributed by atoms with E-state index in [2.05, 4.69) is 12.2 Å². The van der Waals surface area contributed by atoms with Crippen molar-refractivity contribution in [2.24, 2.45) is 5.41 Å². The molecule has 0 spiro atoms. The molecular weight excluding hydrogens is 232 g/mol. The zero-order valence-electron chi connectivity index (χ0n) is 12.1. The van der Waals surface area contributed by atoms with Gasteiger partial charge in [-0.3, -0.25) is 4.79 Å². The van der Waals surface area contributed by atoms with Crippen molar-refractivity contribution in [3.05, 3.63) is 0 Å². The number of unbranched alkanes of at least 4 members (excludes halogenated alkanes) is 1. The average molecular weight is 258 g/mol. The number of hydrogen-bond donors (Lipinski definition) is 2. The molecule has 0 saturated heterocycles. The number of hydrogen-bond acceptors (Lipinski definition) is 2. The van der Waals surface area contributed by atoms with E-state index in [0.717, 1.165) is 12.8 Å². The Labute approximate surface area is 110 Å². The number of aliphatic carboxylic acids is 1. The van der Waals surface area contributed by atoms with Gasteiger partial charge in [0.15, 0.2) is 0 Å². The molecule has 0 aromatic heterocycles. The monoisotopic (exact) mass is 258 g/mol. The van der Waals surface area contributed by atoms with Gasteiger partial charge in [0, 0.05) is 19.6 Å². The summed E-state index contributed by atoms with van der Waals surface area (Å²) in [7, 11) is 1.73. The summed E-state index contributed by atoms with van der Waals surface area (Å²) in [5.41, 5.74) is -0.278. The van der Waals surface area contributed by atoms with Gasteiger partial charge in [-0.15, -0.1) is 0 Å². The fourth-order valence-electron chi connectivity index (χ4n) is 1.50. The molecule has 5 heteroatoms. The van der Waals surface area contributed by atoms with Crippen molar-refractivity contribution in [3.63, 3.8) is 0 Å². The van der Waals surface area contributed by atoms with Crippen LogP contribution in [0.1, 0.15) is 47.0 Å². The molecule has 0 heterocycles. The van der Waals surface area contributed by atoms with Crippen LogP contribution in [0.2, 0.25) is 0 Å². The van der Waals surface area contributed by atoms with E-state index in [0.29, 0.717) is 6.54 Å². The molecule has 5 nitrogen and oxygen atoms in total. The van der Waals surface area contributed by atoms with E-state index < -0.39 is 5.97 Å². The highest BCUT2D eigenvalue weighted by Gasteiger charge is 2.29. The van der Waals surface area contributed by atoms with Crippen molar-refractivity contribution in [1.82, 2.24) is 10.2 Å². The first kappa shape index (κ1) is 16.7. The number of urea groups is 1. The number of amides is 2. The third-order valence-corrected chi connectivity index (χ3v) is 2.92. The van der Waals surface area contributed by atoms with Gasteiger partial charge < -0.3 is 15.3 Å². The lowest BCUT2D eigenvalue weighted by Crippen LogP contribution is -2.49. The normalized spacial score (nSPS) is 12.9. The van der Waals surface area contributed by atoms with Crippen LogP contribution in [0.3, 0.4) is 0 Å². The van der Waals surface area contributed by atoms with Crippen LogP contribution >= 0.6 is 0 Å². The Morgan fingerprint density at radius 3 is 2.28 bits per heavy atom. The van der Waals surface area contributed by atoms with Crippen molar-refractivity contribution in [3.8, 4) is 0 Å². The highest BCUT2D eigenvalue weighted by molar-refractivity contribution is 5.75. The van der Waals surface area contributed by atoms with Crippen LogP contribution in [-0.2, 0) is 4.79 Å². The van der Waals surface area contributed by atoms with Crippen molar-refractivity contribution in [2.75, 3.05) is 13.6 Å². The van der Waals surface area contributed by atoms with Crippen LogP contribution in [0.5, 0.6) is 0 Å². The first-order valence-electron chi connectivity index (χ1n) is 6.42. The molecule has 0 aliphatic carbocycles. The molecule has 0 saturated carbocycles. The molecule has 106 valence electrons. The maximum Gasteiger partial charge on any atom is 0.317 e. The van der Waals surface area contributed by atoms with E-state index in [-0.39, 0.29) is 23.9 Å². The maximum absolute atomic E-state index is 11.9. The molecule has 1 unspecified atom stereocenters. The molecule has 0 bridgehead atoms. The van der Waals surface area contributed by atoms with E-state index in [1.54, 1.807) is 11.9 Å². The summed E-state index contributed by atoms with van der Waals surface area (Å²) in [6, 6.07) is -0.573. The number of rotatable bonds is 6. The smallest absolute Gasteiger partial charge is 0.317 e. The summed E-state index contributed by atoms with van der Waals surface area (Å²) < 4.78 is 0. The SMILES string of the molecule is CCCCN(C)C(=O)NC(CC(=O)O)C(C)(C)C. The third kappa shape index (κ3) is 6.47. The van der Waals surface area contributed by atoms with Gasteiger partial charge in [-0.2, -0.15) is 0 Å². The molecule has 0 aromatic carbocycles. The fraction of sp³-hybridized carbons (Fsp3) is 0.846. The Hall–Kier alpha value is -1.26. The minimum Gasteiger partial charge on any atom is -0.481 e. The van der Waals surface area contributed by atoms with E-state index in [9.17, 15) is 9.59 Å². The number of nitrogens with one attached hydrogen (secondary N) is 1. The molecule has 0 rings (SSSR count). The van der Waals surface area contributed by atoms with Crippen molar-refractivity contribution in [1.29, 1.82) is 0 Å². The summed E-state index contributed by atoms with van der Waals surface area (Å²) in [6.07, 6.45) is 1.91. The summed E-state index contributed by atoms with van der Waals surface area (Å²) in [6.45, 7) is 8.52. The van der Waals surface area contributed by atoms with E-state index >= 15 is 0 Å². The van der Waals surface area contributed by atoms with Gasteiger partial charge >= 0.3 is 12.0 Å². The van der Waals surface area contributed by atoms with E-state index in [1.807, 2.05) is 20.8 Å². The molecule has 0 aliphatic heterocycles. The van der Waals surface area contributed by atoms with Crippen molar-refractivity contribution in [2.45, 2.75) is 53.0 Å². The molecule has 1 atom stereocenters. The number of carbonyl (C=O) groups is 2. The third-order valence-electron chi connectivity index (χ3n) is 2.92. The number of nitrogens with zero attached hydrogens (tertiary/aromatic N) is 1. The van der Waals surface area contributed by atoms with Crippen LogP contribution in [0, 0.1) is 5.41 Å². The quantitative estimate of drug-likeness (QED) is 0.768. The molecule has 2 N–H and O–H groups in total. The molecule has 0 fully saturated rings. The van der Waals surface area contributed by atoms with Gasteiger partial charge in [-0.25, -0.2) is 4.79 Å². The minimum atomic E-state index is -0.897. The number of carbonyl (C=O) groups excluding carboxylic acids is 1. The first-order chi connectivity index (χ1) is 8.18. The predicted octanol–water partition coefficient (Wildman–Crippen LogP) is 2.32. The average Bonchev–Trinajstić information content (AvgIpc) is 2.22. The highest BCUT2D eigenvalue weighted by Crippen LogP contribution is 2.22. The second kappa shape index (κ2) is 7.24. The van der Waals surface area contributed by atoms with Gasteiger partial charge in [0.25, 0.3) is 0 Å². The summed E-state index contributed by atoms with van der Waals surface area (Å²) >= 11 is 0. The maximum atomic E-state index is 11.9. The lowest BCUT2D eigenvalue weighted by molar-refractivity contribution is -0.138. The fourth-order valence-corrected chi connectivity index (χ4v) is 1.50. The zero-order chi connectivity index (χ0) is 14.3. The predicted molar refractivity (Wildman–Crippen MR) is 71.6 cm³/mol. The molecule has 2 amide bonds. The van der Waals surface area contributed by atoms with Crippen molar-refractivity contribution < 1.29 is 14.7 Å². The lowest BCUT2D eigenvalue weighted by atomic mass is 9.85. The van der Waals surface area contributed by atoms with Crippen LogP contribution in [0.4, 0.5) is 4.79 Å². The van der Waals surface area contributed by atoms with Gasteiger partial charge in [-0.1, -0.05) is 34.1 Å². The zero-order valence-corrected chi connectivity index (χ0v) is 12.1. The van der Waals surface area contributed by atoms with Gasteiger partial charge in [-0.05, 0) is 11.8 Å². The van der Waals surface area contributed by atoms with E-state index in [4.69, 9.17) is 5.11 Å². The minimum absolute atomic E-state index is 0.0587. The first-order valence-corrected chi connectivity index (χ1v) is 6.42. The Kier molecular flexibility index (Phi) is 6.73. The second-order valence-corrected chi connectivity index (χ2v) is 5.74. The van der Waals surface area contributed by atoms with Crippen LogP contribution in [-0.4, -0.2) is 41.6 Å². The highest BCUT2D eigenvalue weighted by atomic mass is 16.4. The summed E-state index contributed by atoms with van der Waals surface area (Å²) in [4.78, 5) is 24.3. The largest absolute Gasteiger partial charge is 0.481 e. The lowest BCUT2D eigenvalue weighted by Gasteiger charge is -2.32. The number of carboxylic acids is 1. The Bertz CT molecular complexity index is 284. The van der Waals surface area contributed by atoms with Gasteiger partial charge in [0.2, 0.25) is 0 Å². The molecule has 0 radical (unpaired) electrons. The molecular formula is C13H26N2O3.